The lowest BCUT2D eigenvalue weighted by Gasteiger charge is -2.27. The summed E-state index contributed by atoms with van der Waals surface area (Å²) in [6.07, 6.45) is 0. The maximum absolute atomic E-state index is 13.8. The summed E-state index contributed by atoms with van der Waals surface area (Å²) in [5.41, 5.74) is 3.60. The Labute approximate surface area is 162 Å². The highest BCUT2D eigenvalue weighted by molar-refractivity contribution is 6.13. The number of hydrogen-bond donors (Lipinski definition) is 2. The lowest BCUT2D eigenvalue weighted by atomic mass is 9.74. The van der Waals surface area contributed by atoms with Gasteiger partial charge in [0.15, 0.2) is 5.41 Å². The topological polar surface area (TPSA) is 69.2 Å². The van der Waals surface area contributed by atoms with Crippen molar-refractivity contribution in [1.29, 1.82) is 0 Å². The van der Waals surface area contributed by atoms with E-state index >= 15 is 0 Å². The number of H-pyrrole nitrogens is 1. The van der Waals surface area contributed by atoms with Crippen molar-refractivity contribution < 1.29 is 9.90 Å². The molecule has 0 radical (unpaired) electrons. The number of hydrogen-bond acceptors (Lipinski definition) is 3. The SMILES string of the molecule is Cc1cccc2c1N(C)C(=O)C2(c1nc2ccccc2[nH]1)c1ccccc1O. The quantitative estimate of drug-likeness (QED) is 0.563. The molecule has 0 aliphatic carbocycles. The zero-order chi connectivity index (χ0) is 19.5. The van der Waals surface area contributed by atoms with Crippen molar-refractivity contribution in [2.24, 2.45) is 0 Å². The van der Waals surface area contributed by atoms with Gasteiger partial charge in [0.25, 0.3) is 0 Å². The van der Waals surface area contributed by atoms with Crippen LogP contribution in [0.15, 0.2) is 66.7 Å². The van der Waals surface area contributed by atoms with E-state index in [4.69, 9.17) is 4.98 Å². The fourth-order valence-electron chi connectivity index (χ4n) is 4.41. The predicted octanol–water partition coefficient (Wildman–Crippen LogP) is 3.89. The number of fused-ring (bicyclic) bond motifs is 2. The van der Waals surface area contributed by atoms with Gasteiger partial charge in [0, 0.05) is 18.2 Å². The Hall–Kier alpha value is -3.60. The minimum Gasteiger partial charge on any atom is -0.508 e. The van der Waals surface area contributed by atoms with E-state index < -0.39 is 5.41 Å². The largest absolute Gasteiger partial charge is 0.508 e. The third-order valence-electron chi connectivity index (χ3n) is 5.66. The van der Waals surface area contributed by atoms with Gasteiger partial charge in [0.1, 0.15) is 11.6 Å². The van der Waals surface area contributed by atoms with Gasteiger partial charge in [-0.3, -0.25) is 4.79 Å². The Morgan fingerprint density at radius 1 is 0.964 bits per heavy atom. The summed E-state index contributed by atoms with van der Waals surface area (Å²) in [4.78, 5) is 23.6. The van der Waals surface area contributed by atoms with Gasteiger partial charge in [-0.1, -0.05) is 48.5 Å². The first-order chi connectivity index (χ1) is 13.5. The van der Waals surface area contributed by atoms with E-state index in [1.54, 1.807) is 30.1 Å². The normalized spacial score (nSPS) is 18.6. The van der Waals surface area contributed by atoms with Gasteiger partial charge >= 0.3 is 0 Å². The molecule has 0 saturated carbocycles. The van der Waals surface area contributed by atoms with Crippen LogP contribution in [0.5, 0.6) is 5.75 Å². The Balaban J connectivity index is 1.95. The molecule has 0 fully saturated rings. The molecule has 5 rings (SSSR count). The Morgan fingerprint density at radius 2 is 1.68 bits per heavy atom. The average molecular weight is 369 g/mol. The smallest absolute Gasteiger partial charge is 0.249 e. The number of para-hydroxylation sites is 4. The van der Waals surface area contributed by atoms with Crippen LogP contribution < -0.4 is 4.90 Å². The summed E-state index contributed by atoms with van der Waals surface area (Å²) >= 11 is 0. The Kier molecular flexibility index (Phi) is 3.37. The molecule has 1 aliphatic heterocycles. The summed E-state index contributed by atoms with van der Waals surface area (Å²) in [7, 11) is 1.78. The molecule has 1 aliphatic rings. The van der Waals surface area contributed by atoms with Gasteiger partial charge in [0.2, 0.25) is 5.91 Å². The van der Waals surface area contributed by atoms with E-state index in [9.17, 15) is 9.90 Å². The number of phenols is 1. The zero-order valence-corrected chi connectivity index (χ0v) is 15.6. The maximum Gasteiger partial charge on any atom is 0.249 e. The number of imidazole rings is 1. The number of rotatable bonds is 2. The molecule has 1 amide bonds. The molecule has 1 atom stereocenters. The first kappa shape index (κ1) is 16.6. The minimum absolute atomic E-state index is 0.0686. The van der Waals surface area contributed by atoms with Gasteiger partial charge in [-0.15, -0.1) is 0 Å². The molecular formula is C23H19N3O2. The number of aromatic nitrogens is 2. The summed E-state index contributed by atoms with van der Waals surface area (Å²) in [6, 6.07) is 20.6. The van der Waals surface area contributed by atoms with Crippen LogP contribution in [-0.2, 0) is 10.2 Å². The highest BCUT2D eigenvalue weighted by Crippen LogP contribution is 2.52. The fraction of sp³-hybridized carbons (Fsp3) is 0.130. The van der Waals surface area contributed by atoms with Crippen molar-refractivity contribution in [3.05, 3.63) is 89.2 Å². The Morgan fingerprint density at radius 3 is 2.46 bits per heavy atom. The number of likely N-dealkylation sites (N-methyl/N-ethyl adjacent to an activating group) is 1. The fourth-order valence-corrected chi connectivity index (χ4v) is 4.41. The monoisotopic (exact) mass is 369 g/mol. The van der Waals surface area contributed by atoms with Crippen LogP contribution >= 0.6 is 0 Å². The molecule has 2 N–H and O–H groups in total. The van der Waals surface area contributed by atoms with E-state index in [2.05, 4.69) is 4.98 Å². The standard InChI is InChI=1S/C23H19N3O2/c1-14-8-7-10-16-20(14)26(2)22(28)23(16,15-9-3-6-13-19(15)27)21-24-17-11-4-5-12-18(17)25-21/h3-13,27H,1-2H3,(H,24,25). The van der Waals surface area contributed by atoms with Gasteiger partial charge in [-0.25, -0.2) is 4.98 Å². The molecule has 2 heterocycles. The van der Waals surface area contributed by atoms with E-state index in [-0.39, 0.29) is 11.7 Å². The van der Waals surface area contributed by atoms with E-state index in [0.29, 0.717) is 11.4 Å². The number of aromatic amines is 1. The van der Waals surface area contributed by atoms with Crippen molar-refractivity contribution in [1.82, 2.24) is 9.97 Å². The number of carbonyl (C=O) groups is 1. The second-order valence-electron chi connectivity index (χ2n) is 7.20. The number of carbonyl (C=O) groups excluding carboxylic acids is 1. The second-order valence-corrected chi connectivity index (χ2v) is 7.20. The highest BCUT2D eigenvalue weighted by atomic mass is 16.3. The molecular weight excluding hydrogens is 350 g/mol. The Bertz CT molecular complexity index is 1210. The van der Waals surface area contributed by atoms with E-state index in [1.807, 2.05) is 55.5 Å². The van der Waals surface area contributed by atoms with Gasteiger partial charge in [0.05, 0.1) is 16.7 Å². The van der Waals surface area contributed by atoms with Gasteiger partial charge in [-0.2, -0.15) is 0 Å². The molecule has 1 aromatic heterocycles. The van der Waals surface area contributed by atoms with Crippen LogP contribution in [0.1, 0.15) is 22.5 Å². The number of amides is 1. The number of anilines is 1. The number of nitrogens with one attached hydrogen (secondary N) is 1. The van der Waals surface area contributed by atoms with Crippen LogP contribution in [0, 0.1) is 6.92 Å². The second kappa shape index (κ2) is 5.70. The van der Waals surface area contributed by atoms with Crippen molar-refractivity contribution in [2.45, 2.75) is 12.3 Å². The van der Waals surface area contributed by atoms with Crippen molar-refractivity contribution in [3.8, 4) is 5.75 Å². The lowest BCUT2D eigenvalue weighted by molar-refractivity contribution is -0.120. The number of aromatic hydroxyl groups is 1. The molecule has 0 saturated heterocycles. The summed E-state index contributed by atoms with van der Waals surface area (Å²) in [6.45, 7) is 1.99. The highest BCUT2D eigenvalue weighted by Gasteiger charge is 2.56. The number of aryl methyl sites for hydroxylation is 1. The summed E-state index contributed by atoms with van der Waals surface area (Å²) in [5.74, 6) is 0.438. The maximum atomic E-state index is 13.8. The first-order valence-electron chi connectivity index (χ1n) is 9.17. The average Bonchev–Trinajstić information content (AvgIpc) is 3.22. The minimum atomic E-state index is -1.24. The molecule has 3 aromatic carbocycles. The van der Waals surface area contributed by atoms with Crippen LogP contribution in [0.4, 0.5) is 5.69 Å². The molecule has 0 bridgehead atoms. The molecule has 5 heteroatoms. The molecule has 138 valence electrons. The van der Waals surface area contributed by atoms with Crippen LogP contribution in [0.2, 0.25) is 0 Å². The molecule has 4 aromatic rings. The number of benzene rings is 3. The van der Waals surface area contributed by atoms with E-state index in [1.165, 1.54) is 0 Å². The van der Waals surface area contributed by atoms with Crippen molar-refractivity contribution in [2.75, 3.05) is 11.9 Å². The molecule has 1 unspecified atom stereocenters. The molecule has 0 spiro atoms. The number of phenolic OH excluding ortho intramolecular Hbond substituents is 1. The summed E-state index contributed by atoms with van der Waals surface area (Å²) < 4.78 is 0. The van der Waals surface area contributed by atoms with Gasteiger partial charge in [-0.05, 0) is 30.7 Å². The van der Waals surface area contributed by atoms with Crippen LogP contribution in [0.25, 0.3) is 11.0 Å². The predicted molar refractivity (Wildman–Crippen MR) is 109 cm³/mol. The lowest BCUT2D eigenvalue weighted by Crippen LogP contribution is -2.41. The van der Waals surface area contributed by atoms with Crippen LogP contribution in [-0.4, -0.2) is 28.0 Å². The third-order valence-corrected chi connectivity index (χ3v) is 5.66. The zero-order valence-electron chi connectivity index (χ0n) is 15.6. The van der Waals surface area contributed by atoms with E-state index in [0.717, 1.165) is 27.8 Å². The van der Waals surface area contributed by atoms with Gasteiger partial charge < -0.3 is 15.0 Å². The van der Waals surface area contributed by atoms with Crippen molar-refractivity contribution >= 4 is 22.6 Å². The third kappa shape index (κ3) is 1.96. The number of nitrogens with zero attached hydrogens (tertiary/aromatic N) is 2. The summed E-state index contributed by atoms with van der Waals surface area (Å²) in [5, 5.41) is 10.8. The first-order valence-corrected chi connectivity index (χ1v) is 9.17. The van der Waals surface area contributed by atoms with Crippen molar-refractivity contribution in [3.63, 3.8) is 0 Å². The van der Waals surface area contributed by atoms with Crippen LogP contribution in [0.3, 0.4) is 0 Å². The molecule has 5 nitrogen and oxygen atoms in total. The molecule has 28 heavy (non-hydrogen) atoms.